The minimum Gasteiger partial charge on any atom is -0.339 e. The molecule has 2 aromatic rings. The molecule has 0 bridgehead atoms. The van der Waals surface area contributed by atoms with Gasteiger partial charge < -0.3 is 10.2 Å². The number of piperidine rings is 1. The molecule has 1 N–H and O–H groups in total. The van der Waals surface area contributed by atoms with E-state index in [2.05, 4.69) is 10.3 Å². The fourth-order valence-electron chi connectivity index (χ4n) is 3.50. The third-order valence-corrected chi connectivity index (χ3v) is 5.09. The first-order valence-electron chi connectivity index (χ1n) is 9.16. The molecule has 0 spiro atoms. The molecule has 1 fully saturated rings. The number of hydrogen-bond donors (Lipinski definition) is 1. The number of hydrogen-bond acceptors (Lipinski definition) is 3. The summed E-state index contributed by atoms with van der Waals surface area (Å²) < 4.78 is 0. The van der Waals surface area contributed by atoms with Crippen molar-refractivity contribution in [3.05, 3.63) is 53.7 Å². The van der Waals surface area contributed by atoms with Crippen molar-refractivity contribution in [1.82, 2.24) is 15.2 Å². The number of aromatic nitrogens is 1. The van der Waals surface area contributed by atoms with Crippen LogP contribution in [0.1, 0.15) is 35.3 Å². The molecule has 27 heavy (non-hydrogen) atoms. The summed E-state index contributed by atoms with van der Waals surface area (Å²) in [5.41, 5.74) is 3.53. The minimum atomic E-state index is 0. The Balaban J connectivity index is 0.00000182. The number of benzene rings is 1. The first kappa shape index (κ1) is 23.4. The number of nitrogens with zero attached hydrogens (tertiary/aromatic N) is 2. The van der Waals surface area contributed by atoms with Crippen molar-refractivity contribution in [2.24, 2.45) is 5.92 Å². The first-order valence-corrected chi connectivity index (χ1v) is 9.16. The van der Waals surface area contributed by atoms with Crippen molar-refractivity contribution >= 4 is 30.7 Å². The van der Waals surface area contributed by atoms with E-state index < -0.39 is 0 Å². The topological polar surface area (TPSA) is 45.2 Å². The normalized spacial score (nSPS) is 14.2. The highest BCUT2D eigenvalue weighted by Crippen LogP contribution is 2.23. The van der Waals surface area contributed by atoms with E-state index >= 15 is 0 Å². The van der Waals surface area contributed by atoms with E-state index in [1.165, 1.54) is 6.42 Å². The van der Waals surface area contributed by atoms with Crippen LogP contribution in [0.3, 0.4) is 0 Å². The number of carbonyl (C=O) groups excluding carboxylic acids is 1. The Morgan fingerprint density at radius 2 is 1.78 bits per heavy atom. The number of pyridine rings is 1. The molecule has 0 radical (unpaired) electrons. The first-order chi connectivity index (χ1) is 12.2. The van der Waals surface area contributed by atoms with Crippen LogP contribution in [0, 0.1) is 12.8 Å². The summed E-state index contributed by atoms with van der Waals surface area (Å²) in [6.07, 6.45) is 3.40. The Morgan fingerprint density at radius 3 is 2.37 bits per heavy atom. The van der Waals surface area contributed by atoms with Gasteiger partial charge in [0.15, 0.2) is 0 Å². The molecule has 3 rings (SSSR count). The van der Waals surface area contributed by atoms with Gasteiger partial charge in [0.25, 0.3) is 5.91 Å². The fourth-order valence-corrected chi connectivity index (χ4v) is 3.50. The van der Waals surface area contributed by atoms with Crippen molar-refractivity contribution < 1.29 is 4.79 Å². The zero-order chi connectivity index (χ0) is 17.6. The highest BCUT2D eigenvalue weighted by Gasteiger charge is 2.24. The summed E-state index contributed by atoms with van der Waals surface area (Å²) in [6, 6.07) is 14.0. The number of nitrogens with one attached hydrogen (secondary N) is 1. The predicted octanol–water partition coefficient (Wildman–Crippen LogP) is 4.36. The summed E-state index contributed by atoms with van der Waals surface area (Å²) >= 11 is 0. The molecule has 4 nitrogen and oxygen atoms in total. The van der Waals surface area contributed by atoms with Crippen LogP contribution in [-0.2, 0) is 0 Å². The van der Waals surface area contributed by atoms with E-state index in [0.717, 1.165) is 60.9 Å². The summed E-state index contributed by atoms with van der Waals surface area (Å²) in [4.78, 5) is 19.5. The second kappa shape index (κ2) is 11.3. The monoisotopic (exact) mass is 409 g/mol. The summed E-state index contributed by atoms with van der Waals surface area (Å²) in [5, 5.41) is 3.21. The third kappa shape index (κ3) is 5.93. The largest absolute Gasteiger partial charge is 0.339 e. The zero-order valence-electron chi connectivity index (χ0n) is 16.0. The van der Waals surface area contributed by atoms with E-state index in [4.69, 9.17) is 0 Å². The molecule has 0 aliphatic carbocycles. The van der Waals surface area contributed by atoms with Crippen LogP contribution in [0.25, 0.3) is 11.3 Å². The van der Waals surface area contributed by atoms with E-state index in [0.29, 0.717) is 0 Å². The summed E-state index contributed by atoms with van der Waals surface area (Å²) in [7, 11) is 1.99. The molecule has 6 heteroatoms. The Morgan fingerprint density at radius 1 is 1.11 bits per heavy atom. The number of rotatable bonds is 5. The Kier molecular flexibility index (Phi) is 9.78. The molecule has 0 saturated carbocycles. The van der Waals surface area contributed by atoms with E-state index in [1.54, 1.807) is 0 Å². The standard InChI is InChI=1S/C21H27N3O.2ClH/c1-16-19(8-9-20(23-16)18-6-4-3-5-7-18)21(25)24-14-11-17(12-15-24)10-13-22-2;;/h3-9,17,22H,10-15H2,1-2H3;2*1H. The molecule has 1 aromatic heterocycles. The maximum absolute atomic E-state index is 12.9. The fraction of sp³-hybridized carbons (Fsp3) is 0.429. The van der Waals surface area contributed by atoms with Gasteiger partial charge in [0.05, 0.1) is 17.0 Å². The quantitative estimate of drug-likeness (QED) is 0.797. The van der Waals surface area contributed by atoms with Crippen LogP contribution in [-0.4, -0.2) is 42.5 Å². The maximum Gasteiger partial charge on any atom is 0.255 e. The molecule has 0 unspecified atom stereocenters. The lowest BCUT2D eigenvalue weighted by atomic mass is 9.93. The van der Waals surface area contributed by atoms with Gasteiger partial charge in [-0.3, -0.25) is 9.78 Å². The van der Waals surface area contributed by atoms with Gasteiger partial charge in [-0.25, -0.2) is 0 Å². The molecule has 1 saturated heterocycles. The Hall–Kier alpha value is -1.62. The zero-order valence-corrected chi connectivity index (χ0v) is 17.6. The lowest BCUT2D eigenvalue weighted by Gasteiger charge is -2.32. The molecule has 148 valence electrons. The molecule has 2 heterocycles. The highest BCUT2D eigenvalue weighted by molar-refractivity contribution is 5.95. The lowest BCUT2D eigenvalue weighted by molar-refractivity contribution is 0.0686. The molecule has 0 atom stereocenters. The summed E-state index contributed by atoms with van der Waals surface area (Å²) in [6.45, 7) is 4.70. The molecular weight excluding hydrogens is 381 g/mol. The minimum absolute atomic E-state index is 0. The van der Waals surface area contributed by atoms with Gasteiger partial charge >= 0.3 is 0 Å². The number of likely N-dealkylation sites (tertiary alicyclic amines) is 1. The molecule has 1 aromatic carbocycles. The van der Waals surface area contributed by atoms with Crippen LogP contribution in [0.4, 0.5) is 0 Å². The van der Waals surface area contributed by atoms with Gasteiger partial charge in [-0.1, -0.05) is 30.3 Å². The predicted molar refractivity (Wildman–Crippen MR) is 116 cm³/mol. The lowest BCUT2D eigenvalue weighted by Crippen LogP contribution is -2.39. The van der Waals surface area contributed by atoms with Gasteiger partial charge in [-0.15, -0.1) is 24.8 Å². The van der Waals surface area contributed by atoms with Crippen LogP contribution < -0.4 is 5.32 Å². The van der Waals surface area contributed by atoms with Crippen molar-refractivity contribution in [3.8, 4) is 11.3 Å². The van der Waals surface area contributed by atoms with Crippen LogP contribution in [0.2, 0.25) is 0 Å². The third-order valence-electron chi connectivity index (χ3n) is 5.09. The number of aryl methyl sites for hydroxylation is 1. The average molecular weight is 410 g/mol. The smallest absolute Gasteiger partial charge is 0.255 e. The van der Waals surface area contributed by atoms with Gasteiger partial charge in [0.2, 0.25) is 0 Å². The molecular formula is C21H29Cl2N3O. The number of carbonyl (C=O) groups is 1. The van der Waals surface area contributed by atoms with Gasteiger partial charge in [-0.2, -0.15) is 0 Å². The van der Waals surface area contributed by atoms with Crippen molar-refractivity contribution in [1.29, 1.82) is 0 Å². The van der Waals surface area contributed by atoms with E-state index in [1.807, 2.05) is 61.3 Å². The second-order valence-electron chi connectivity index (χ2n) is 6.82. The van der Waals surface area contributed by atoms with Gasteiger partial charge in [0.1, 0.15) is 0 Å². The number of amides is 1. The highest BCUT2D eigenvalue weighted by atomic mass is 35.5. The van der Waals surface area contributed by atoms with Gasteiger partial charge in [-0.05, 0) is 57.8 Å². The molecule has 1 amide bonds. The van der Waals surface area contributed by atoms with Crippen LogP contribution >= 0.6 is 24.8 Å². The Bertz CT molecular complexity index is 717. The van der Waals surface area contributed by atoms with Crippen molar-refractivity contribution in [2.45, 2.75) is 26.2 Å². The van der Waals surface area contributed by atoms with E-state index in [-0.39, 0.29) is 30.7 Å². The van der Waals surface area contributed by atoms with E-state index in [9.17, 15) is 4.79 Å². The SMILES string of the molecule is CNCCC1CCN(C(=O)c2ccc(-c3ccccc3)nc2C)CC1.Cl.Cl. The van der Waals surface area contributed by atoms with Crippen molar-refractivity contribution in [3.63, 3.8) is 0 Å². The molecule has 1 aliphatic heterocycles. The Labute approximate surface area is 174 Å². The van der Waals surface area contributed by atoms with Crippen LogP contribution in [0.15, 0.2) is 42.5 Å². The van der Waals surface area contributed by atoms with Crippen LogP contribution in [0.5, 0.6) is 0 Å². The molecule has 1 aliphatic rings. The van der Waals surface area contributed by atoms with Crippen molar-refractivity contribution in [2.75, 3.05) is 26.7 Å². The van der Waals surface area contributed by atoms with Gasteiger partial charge in [0, 0.05) is 18.7 Å². The second-order valence-corrected chi connectivity index (χ2v) is 6.82. The summed E-state index contributed by atoms with van der Waals surface area (Å²) in [5.74, 6) is 0.854. The number of halogens is 2. The average Bonchev–Trinajstić information content (AvgIpc) is 2.67. The maximum atomic E-state index is 12.9.